The highest BCUT2D eigenvalue weighted by atomic mass is 19.4. The van der Waals surface area contributed by atoms with Gasteiger partial charge in [-0.25, -0.2) is 9.59 Å². The van der Waals surface area contributed by atoms with Crippen LogP contribution < -0.4 is 10.1 Å². The quantitative estimate of drug-likeness (QED) is 0.496. The van der Waals surface area contributed by atoms with Crippen LogP contribution >= 0.6 is 0 Å². The first kappa shape index (κ1) is 24.4. The maximum atomic E-state index is 13.6. The number of amides is 1. The number of hydrogen-bond donors (Lipinski definition) is 1. The maximum Gasteiger partial charge on any atom is 0.417 e. The van der Waals surface area contributed by atoms with Crippen molar-refractivity contribution in [2.75, 3.05) is 19.8 Å². The van der Waals surface area contributed by atoms with Gasteiger partial charge in [0.05, 0.1) is 24.3 Å². The van der Waals surface area contributed by atoms with Crippen molar-refractivity contribution in [2.24, 2.45) is 7.05 Å². The largest absolute Gasteiger partial charge is 0.493 e. The zero-order chi connectivity index (χ0) is 23.4. The maximum absolute atomic E-state index is 13.6. The molecular formula is C21H27F3N2O5. The minimum atomic E-state index is -4.64. The van der Waals surface area contributed by atoms with Crippen molar-refractivity contribution in [1.29, 1.82) is 0 Å². The van der Waals surface area contributed by atoms with Crippen molar-refractivity contribution < 1.29 is 37.0 Å². The van der Waals surface area contributed by atoms with Crippen molar-refractivity contribution in [2.45, 2.75) is 45.9 Å². The molecule has 0 bridgehead atoms. The van der Waals surface area contributed by atoms with Gasteiger partial charge in [-0.15, -0.1) is 0 Å². The topological polar surface area (TPSA) is 78.8 Å². The Labute approximate surface area is 178 Å². The molecule has 172 valence electrons. The number of aryl methyl sites for hydroxylation is 1. The van der Waals surface area contributed by atoms with E-state index in [0.29, 0.717) is 6.42 Å². The highest BCUT2D eigenvalue weighted by Gasteiger charge is 2.35. The molecule has 0 fully saturated rings. The van der Waals surface area contributed by atoms with E-state index < -0.39 is 29.4 Å². The number of fused-ring (bicyclic) bond motifs is 1. The van der Waals surface area contributed by atoms with E-state index in [2.05, 4.69) is 5.32 Å². The van der Waals surface area contributed by atoms with E-state index in [1.807, 2.05) is 0 Å². The zero-order valence-corrected chi connectivity index (χ0v) is 18.2. The number of carbonyl (C=O) groups excluding carboxylic acids is 2. The molecule has 1 amide bonds. The lowest BCUT2D eigenvalue weighted by atomic mass is 10.1. The van der Waals surface area contributed by atoms with Gasteiger partial charge in [0, 0.05) is 25.0 Å². The molecule has 0 unspecified atom stereocenters. The molecule has 0 aliphatic rings. The molecule has 10 heteroatoms. The van der Waals surface area contributed by atoms with Crippen LogP contribution in [0.2, 0.25) is 0 Å². The van der Waals surface area contributed by atoms with Crippen LogP contribution in [0, 0.1) is 0 Å². The van der Waals surface area contributed by atoms with Gasteiger partial charge in [0.1, 0.15) is 17.0 Å². The average molecular weight is 444 g/mol. The molecular weight excluding hydrogens is 417 g/mol. The Balaban J connectivity index is 2.15. The van der Waals surface area contributed by atoms with Crippen molar-refractivity contribution in [3.05, 3.63) is 29.5 Å². The molecule has 0 spiro atoms. The van der Waals surface area contributed by atoms with Gasteiger partial charge < -0.3 is 24.1 Å². The monoisotopic (exact) mass is 444 g/mol. The molecule has 0 saturated carbocycles. The van der Waals surface area contributed by atoms with Crippen LogP contribution in [0.15, 0.2) is 18.2 Å². The number of halogens is 3. The lowest BCUT2D eigenvalue weighted by molar-refractivity contribution is -0.136. The van der Waals surface area contributed by atoms with Gasteiger partial charge in [-0.2, -0.15) is 13.2 Å². The molecule has 0 aliphatic carbocycles. The molecule has 0 radical (unpaired) electrons. The molecule has 7 nitrogen and oxygen atoms in total. The molecule has 0 aliphatic heterocycles. The van der Waals surface area contributed by atoms with Crippen molar-refractivity contribution in [1.82, 2.24) is 9.88 Å². The van der Waals surface area contributed by atoms with E-state index >= 15 is 0 Å². The van der Waals surface area contributed by atoms with E-state index in [9.17, 15) is 22.8 Å². The van der Waals surface area contributed by atoms with Gasteiger partial charge >= 0.3 is 18.2 Å². The van der Waals surface area contributed by atoms with Crippen LogP contribution in [0.4, 0.5) is 18.0 Å². The summed E-state index contributed by atoms with van der Waals surface area (Å²) in [6.07, 6.45) is -4.85. The Bertz CT molecular complexity index is 945. The number of rotatable bonds is 7. The smallest absolute Gasteiger partial charge is 0.417 e. The van der Waals surface area contributed by atoms with Crippen molar-refractivity contribution in [3.63, 3.8) is 0 Å². The van der Waals surface area contributed by atoms with E-state index in [1.165, 1.54) is 23.7 Å². The third kappa shape index (κ3) is 6.53. The number of esters is 1. The summed E-state index contributed by atoms with van der Waals surface area (Å²) in [5, 5.41) is 2.44. The van der Waals surface area contributed by atoms with Crippen LogP contribution in [0.25, 0.3) is 10.9 Å². The second kappa shape index (κ2) is 9.49. The second-order valence-electron chi connectivity index (χ2n) is 7.84. The molecule has 31 heavy (non-hydrogen) atoms. The van der Waals surface area contributed by atoms with E-state index in [-0.39, 0.29) is 42.1 Å². The highest BCUT2D eigenvalue weighted by molar-refractivity contribution is 5.97. The standard InChI is InChI=1S/C21H27F3N2O5/c1-6-29-18(27)17-12-14-15(21(22,23)24)10-13(11-16(14)26(17)5)30-9-7-8-25-19(28)31-20(2,3)4/h10-12H,6-9H2,1-5H3,(H,25,28). The Morgan fingerprint density at radius 2 is 1.81 bits per heavy atom. The van der Waals surface area contributed by atoms with Gasteiger partial charge in [-0.3, -0.25) is 0 Å². The number of aromatic nitrogens is 1. The Hall–Kier alpha value is -2.91. The fraction of sp³-hybridized carbons (Fsp3) is 0.524. The summed E-state index contributed by atoms with van der Waals surface area (Å²) < 4.78 is 57.7. The predicted molar refractivity (Wildman–Crippen MR) is 108 cm³/mol. The molecule has 1 heterocycles. The minimum Gasteiger partial charge on any atom is -0.493 e. The number of nitrogens with zero attached hydrogens (tertiary/aromatic N) is 1. The molecule has 1 aromatic heterocycles. The Kier molecular flexibility index (Phi) is 7.45. The molecule has 1 N–H and O–H groups in total. The van der Waals surface area contributed by atoms with Crippen LogP contribution in [0.1, 0.15) is 50.2 Å². The summed E-state index contributed by atoms with van der Waals surface area (Å²) in [6, 6.07) is 3.51. The lowest BCUT2D eigenvalue weighted by Gasteiger charge is -2.19. The predicted octanol–water partition coefficient (Wildman–Crippen LogP) is 4.67. The second-order valence-corrected chi connectivity index (χ2v) is 7.84. The number of alkyl carbamates (subject to hydrolysis) is 1. The average Bonchev–Trinajstić information content (AvgIpc) is 2.95. The molecule has 0 saturated heterocycles. The van der Waals surface area contributed by atoms with Gasteiger partial charge in [-0.05, 0) is 46.2 Å². The number of benzene rings is 1. The summed E-state index contributed by atoms with van der Waals surface area (Å²) in [5.41, 5.74) is -1.32. The van der Waals surface area contributed by atoms with Crippen molar-refractivity contribution >= 4 is 23.0 Å². The van der Waals surface area contributed by atoms with Crippen LogP contribution in [-0.2, 0) is 22.7 Å². The lowest BCUT2D eigenvalue weighted by Crippen LogP contribution is -2.33. The summed E-state index contributed by atoms with van der Waals surface area (Å²) in [6.45, 7) is 7.25. The van der Waals surface area contributed by atoms with Gasteiger partial charge in [0.25, 0.3) is 0 Å². The summed E-state index contributed by atoms with van der Waals surface area (Å²) >= 11 is 0. The number of nitrogens with one attached hydrogen (secondary N) is 1. The highest BCUT2D eigenvalue weighted by Crippen LogP contribution is 2.39. The zero-order valence-electron chi connectivity index (χ0n) is 18.2. The Morgan fingerprint density at radius 1 is 1.13 bits per heavy atom. The molecule has 2 aromatic rings. The van der Waals surface area contributed by atoms with E-state index in [1.54, 1.807) is 27.7 Å². The number of ether oxygens (including phenoxy) is 3. The Morgan fingerprint density at radius 3 is 2.39 bits per heavy atom. The summed E-state index contributed by atoms with van der Waals surface area (Å²) in [5.74, 6) is -0.696. The third-order valence-electron chi connectivity index (χ3n) is 4.18. The summed E-state index contributed by atoms with van der Waals surface area (Å²) in [4.78, 5) is 23.7. The molecule has 1 aromatic carbocycles. The van der Waals surface area contributed by atoms with E-state index in [4.69, 9.17) is 14.2 Å². The third-order valence-corrected chi connectivity index (χ3v) is 4.18. The van der Waals surface area contributed by atoms with Crippen LogP contribution in [0.3, 0.4) is 0 Å². The minimum absolute atomic E-state index is 0.00806. The van der Waals surface area contributed by atoms with Crippen LogP contribution in [0.5, 0.6) is 5.75 Å². The first-order valence-corrected chi connectivity index (χ1v) is 9.81. The molecule has 2 rings (SSSR count). The summed E-state index contributed by atoms with van der Waals surface area (Å²) in [7, 11) is 1.49. The SMILES string of the molecule is CCOC(=O)c1cc2c(C(F)(F)F)cc(OCCCNC(=O)OC(C)(C)C)cc2n1C. The number of alkyl halides is 3. The van der Waals surface area contributed by atoms with Crippen LogP contribution in [-0.4, -0.2) is 42.0 Å². The number of hydrogen-bond acceptors (Lipinski definition) is 5. The fourth-order valence-corrected chi connectivity index (χ4v) is 2.89. The molecule has 0 atom stereocenters. The first-order valence-electron chi connectivity index (χ1n) is 9.81. The van der Waals surface area contributed by atoms with Gasteiger partial charge in [0.2, 0.25) is 0 Å². The van der Waals surface area contributed by atoms with Gasteiger partial charge in [-0.1, -0.05) is 0 Å². The van der Waals surface area contributed by atoms with Gasteiger partial charge in [0.15, 0.2) is 0 Å². The normalized spacial score (nSPS) is 12.0. The number of carbonyl (C=O) groups is 2. The first-order chi connectivity index (χ1) is 14.3. The fourth-order valence-electron chi connectivity index (χ4n) is 2.89. The van der Waals surface area contributed by atoms with Crippen molar-refractivity contribution in [3.8, 4) is 5.75 Å². The van der Waals surface area contributed by atoms with E-state index in [0.717, 1.165) is 6.07 Å².